The second kappa shape index (κ2) is 7.67. The third-order valence-electron chi connectivity index (χ3n) is 3.65. The SMILES string of the molecule is Brc1cnc(Nc2ccc(CCN3CCOCC3)cc2)nc1. The first-order valence-corrected chi connectivity index (χ1v) is 8.22. The van der Waals surface area contributed by atoms with Crippen LogP contribution in [0.5, 0.6) is 0 Å². The molecule has 1 saturated heterocycles. The first kappa shape index (κ1) is 15.4. The van der Waals surface area contributed by atoms with Gasteiger partial charge in [-0.05, 0) is 40.0 Å². The van der Waals surface area contributed by atoms with Gasteiger partial charge in [0.1, 0.15) is 0 Å². The lowest BCUT2D eigenvalue weighted by Gasteiger charge is -2.26. The highest BCUT2D eigenvalue weighted by molar-refractivity contribution is 9.10. The maximum Gasteiger partial charge on any atom is 0.227 e. The molecule has 0 bridgehead atoms. The van der Waals surface area contributed by atoms with Crippen LogP contribution in [-0.4, -0.2) is 47.7 Å². The van der Waals surface area contributed by atoms with Crippen molar-refractivity contribution in [3.05, 3.63) is 46.7 Å². The molecule has 0 spiro atoms. The Labute approximate surface area is 138 Å². The lowest BCUT2D eigenvalue weighted by molar-refractivity contribution is 0.0384. The Morgan fingerprint density at radius 2 is 1.77 bits per heavy atom. The highest BCUT2D eigenvalue weighted by Crippen LogP contribution is 2.15. The van der Waals surface area contributed by atoms with E-state index in [2.05, 4.69) is 60.4 Å². The minimum atomic E-state index is 0.601. The summed E-state index contributed by atoms with van der Waals surface area (Å²) in [5.74, 6) is 0.601. The van der Waals surface area contributed by atoms with Crippen LogP contribution in [0.25, 0.3) is 0 Å². The number of hydrogen-bond acceptors (Lipinski definition) is 5. The van der Waals surface area contributed by atoms with Gasteiger partial charge >= 0.3 is 0 Å². The number of hydrogen-bond donors (Lipinski definition) is 1. The summed E-state index contributed by atoms with van der Waals surface area (Å²) in [5.41, 5.74) is 2.34. The smallest absolute Gasteiger partial charge is 0.227 e. The Morgan fingerprint density at radius 3 is 2.45 bits per heavy atom. The molecule has 0 amide bonds. The molecule has 6 heteroatoms. The van der Waals surface area contributed by atoms with E-state index in [1.165, 1.54) is 5.56 Å². The molecule has 2 heterocycles. The Hall–Kier alpha value is -1.50. The highest BCUT2D eigenvalue weighted by atomic mass is 79.9. The number of morpholine rings is 1. The normalized spacial score (nSPS) is 15.7. The number of ether oxygens (including phenoxy) is 1. The molecule has 3 rings (SSSR count). The molecule has 1 fully saturated rings. The Kier molecular flexibility index (Phi) is 5.37. The van der Waals surface area contributed by atoms with Crippen LogP contribution in [0.3, 0.4) is 0 Å². The second-order valence-electron chi connectivity index (χ2n) is 5.25. The van der Waals surface area contributed by atoms with Crippen LogP contribution >= 0.6 is 15.9 Å². The van der Waals surface area contributed by atoms with Crippen molar-refractivity contribution in [3.8, 4) is 0 Å². The quantitative estimate of drug-likeness (QED) is 0.885. The number of aromatic nitrogens is 2. The second-order valence-corrected chi connectivity index (χ2v) is 6.17. The van der Waals surface area contributed by atoms with Crippen molar-refractivity contribution in [2.45, 2.75) is 6.42 Å². The zero-order chi connectivity index (χ0) is 15.2. The van der Waals surface area contributed by atoms with Crippen LogP contribution in [0.1, 0.15) is 5.56 Å². The number of halogens is 1. The summed E-state index contributed by atoms with van der Waals surface area (Å²) in [7, 11) is 0. The van der Waals surface area contributed by atoms with Crippen LogP contribution in [0.2, 0.25) is 0 Å². The fourth-order valence-corrected chi connectivity index (χ4v) is 2.58. The lowest BCUT2D eigenvalue weighted by atomic mass is 10.1. The predicted molar refractivity (Wildman–Crippen MR) is 90.4 cm³/mol. The maximum atomic E-state index is 5.37. The first-order valence-electron chi connectivity index (χ1n) is 7.43. The van der Waals surface area contributed by atoms with E-state index in [1.54, 1.807) is 12.4 Å². The highest BCUT2D eigenvalue weighted by Gasteiger charge is 2.09. The van der Waals surface area contributed by atoms with Crippen molar-refractivity contribution in [1.82, 2.24) is 14.9 Å². The molecule has 0 aliphatic carbocycles. The van der Waals surface area contributed by atoms with Crippen LogP contribution < -0.4 is 5.32 Å². The number of nitrogens with zero attached hydrogens (tertiary/aromatic N) is 3. The van der Waals surface area contributed by atoms with Crippen molar-refractivity contribution >= 4 is 27.6 Å². The van der Waals surface area contributed by atoms with Crippen LogP contribution in [-0.2, 0) is 11.2 Å². The molecule has 0 radical (unpaired) electrons. The van der Waals surface area contributed by atoms with Crippen molar-refractivity contribution < 1.29 is 4.74 Å². The van der Waals surface area contributed by atoms with Gasteiger partial charge in [0.05, 0.1) is 17.7 Å². The minimum absolute atomic E-state index is 0.601. The van der Waals surface area contributed by atoms with E-state index >= 15 is 0 Å². The Balaban J connectivity index is 1.52. The summed E-state index contributed by atoms with van der Waals surface area (Å²) >= 11 is 3.33. The molecular weight excluding hydrogens is 344 g/mol. The van der Waals surface area contributed by atoms with Gasteiger partial charge in [-0.15, -0.1) is 0 Å². The van der Waals surface area contributed by atoms with Gasteiger partial charge in [0.2, 0.25) is 5.95 Å². The van der Waals surface area contributed by atoms with Gasteiger partial charge in [-0.25, -0.2) is 9.97 Å². The molecule has 22 heavy (non-hydrogen) atoms. The molecule has 1 aliphatic rings. The molecule has 0 saturated carbocycles. The molecule has 1 aromatic carbocycles. The van der Waals surface area contributed by atoms with Crippen molar-refractivity contribution in [2.75, 3.05) is 38.2 Å². The van der Waals surface area contributed by atoms with Gasteiger partial charge in [-0.2, -0.15) is 0 Å². The molecule has 1 aromatic heterocycles. The zero-order valence-electron chi connectivity index (χ0n) is 12.3. The summed E-state index contributed by atoms with van der Waals surface area (Å²) < 4.78 is 6.24. The maximum absolute atomic E-state index is 5.37. The molecule has 1 N–H and O–H groups in total. The zero-order valence-corrected chi connectivity index (χ0v) is 13.9. The molecule has 116 valence electrons. The van der Waals surface area contributed by atoms with Crippen LogP contribution in [0.4, 0.5) is 11.6 Å². The fraction of sp³-hybridized carbons (Fsp3) is 0.375. The summed E-state index contributed by atoms with van der Waals surface area (Å²) in [6.07, 6.45) is 4.52. The van der Waals surface area contributed by atoms with Gasteiger partial charge in [0, 0.05) is 37.7 Å². The average Bonchev–Trinajstić information content (AvgIpc) is 2.57. The Morgan fingerprint density at radius 1 is 1.09 bits per heavy atom. The van der Waals surface area contributed by atoms with E-state index in [-0.39, 0.29) is 0 Å². The number of anilines is 2. The van der Waals surface area contributed by atoms with Gasteiger partial charge in [-0.3, -0.25) is 4.90 Å². The van der Waals surface area contributed by atoms with Gasteiger partial charge < -0.3 is 10.1 Å². The summed E-state index contributed by atoms with van der Waals surface area (Å²) in [4.78, 5) is 10.9. The fourth-order valence-electron chi connectivity index (χ4n) is 2.37. The van der Waals surface area contributed by atoms with Crippen molar-refractivity contribution in [3.63, 3.8) is 0 Å². The first-order chi connectivity index (χ1) is 10.8. The monoisotopic (exact) mass is 362 g/mol. The molecule has 1 aliphatic heterocycles. The van der Waals surface area contributed by atoms with Crippen LogP contribution in [0, 0.1) is 0 Å². The van der Waals surface area contributed by atoms with Gasteiger partial charge in [0.25, 0.3) is 0 Å². The minimum Gasteiger partial charge on any atom is -0.379 e. The van der Waals surface area contributed by atoms with E-state index in [4.69, 9.17) is 4.74 Å². The molecule has 0 unspecified atom stereocenters. The topological polar surface area (TPSA) is 50.3 Å². The van der Waals surface area contributed by atoms with E-state index in [9.17, 15) is 0 Å². The average molecular weight is 363 g/mol. The molecular formula is C16H19BrN4O. The molecule has 2 aromatic rings. The van der Waals surface area contributed by atoms with E-state index in [0.717, 1.165) is 49.4 Å². The lowest BCUT2D eigenvalue weighted by Crippen LogP contribution is -2.37. The summed E-state index contributed by atoms with van der Waals surface area (Å²) in [6.45, 7) is 4.89. The van der Waals surface area contributed by atoms with E-state index in [1.807, 2.05) is 0 Å². The third-order valence-corrected chi connectivity index (χ3v) is 4.06. The van der Waals surface area contributed by atoms with E-state index in [0.29, 0.717) is 5.95 Å². The van der Waals surface area contributed by atoms with E-state index < -0.39 is 0 Å². The summed E-state index contributed by atoms with van der Waals surface area (Å²) in [6, 6.07) is 8.45. The number of nitrogens with one attached hydrogen (secondary N) is 1. The van der Waals surface area contributed by atoms with Crippen molar-refractivity contribution in [2.24, 2.45) is 0 Å². The predicted octanol–water partition coefficient (Wildman–Crippen LogP) is 2.86. The molecule has 5 nitrogen and oxygen atoms in total. The third kappa shape index (κ3) is 4.50. The molecule has 0 atom stereocenters. The van der Waals surface area contributed by atoms with Gasteiger partial charge in [-0.1, -0.05) is 12.1 Å². The van der Waals surface area contributed by atoms with Crippen molar-refractivity contribution in [1.29, 1.82) is 0 Å². The van der Waals surface area contributed by atoms with Crippen LogP contribution in [0.15, 0.2) is 41.1 Å². The standard InChI is InChI=1S/C16H19BrN4O/c17-14-11-18-16(19-12-14)20-15-3-1-13(2-4-15)5-6-21-7-9-22-10-8-21/h1-4,11-12H,5-10H2,(H,18,19,20). The number of benzene rings is 1. The number of rotatable bonds is 5. The summed E-state index contributed by atoms with van der Waals surface area (Å²) in [5, 5.41) is 3.19. The Bertz CT molecular complexity index is 582. The largest absolute Gasteiger partial charge is 0.379 e. The van der Waals surface area contributed by atoms with Gasteiger partial charge in [0.15, 0.2) is 0 Å².